The first kappa shape index (κ1) is 23.3. The molecule has 192 valence electrons. The lowest BCUT2D eigenvalue weighted by Gasteiger charge is -2.17. The van der Waals surface area contributed by atoms with Crippen molar-refractivity contribution in [1.29, 1.82) is 0 Å². The maximum atomic E-state index is 4.89. The van der Waals surface area contributed by atoms with Crippen molar-refractivity contribution in [2.24, 2.45) is 0 Å². The zero-order chi connectivity index (χ0) is 27.2. The third-order valence-electron chi connectivity index (χ3n) is 7.77. The van der Waals surface area contributed by atoms with Crippen molar-refractivity contribution in [2.45, 2.75) is 0 Å². The number of pyridine rings is 1. The lowest BCUT2D eigenvalue weighted by atomic mass is 9.86. The normalized spacial score (nSPS) is 11.4. The molecule has 6 aromatic carbocycles. The smallest absolute Gasteiger partial charge is 0.114 e. The van der Waals surface area contributed by atoms with E-state index in [-0.39, 0.29) is 0 Å². The standard InChI is InChI=1S/C37H24N4/c1-2-8-27(9-3-1)36-30-10-4-6-12-32(30)37(33-13-7-5-11-31(33)36)28-16-19-34-35(24-28)40-41(39-34)29-17-14-25(15-18-29)26-20-22-38-23-21-26/h1-24H. The van der Waals surface area contributed by atoms with E-state index in [4.69, 9.17) is 10.2 Å². The van der Waals surface area contributed by atoms with Crippen LogP contribution < -0.4 is 0 Å². The topological polar surface area (TPSA) is 43.6 Å². The Morgan fingerprint density at radius 2 is 0.902 bits per heavy atom. The van der Waals surface area contributed by atoms with Gasteiger partial charge in [0.05, 0.1) is 5.69 Å². The number of fused-ring (bicyclic) bond motifs is 3. The highest BCUT2D eigenvalue weighted by Gasteiger charge is 2.17. The maximum absolute atomic E-state index is 4.89. The summed E-state index contributed by atoms with van der Waals surface area (Å²) < 4.78 is 0. The Labute approximate surface area is 237 Å². The summed E-state index contributed by atoms with van der Waals surface area (Å²) in [4.78, 5) is 5.84. The summed E-state index contributed by atoms with van der Waals surface area (Å²) in [5, 5.41) is 14.6. The van der Waals surface area contributed by atoms with Gasteiger partial charge in [0.15, 0.2) is 0 Å². The van der Waals surface area contributed by atoms with Crippen LogP contribution in [0.2, 0.25) is 0 Å². The fraction of sp³-hybridized carbons (Fsp3) is 0. The number of aromatic nitrogens is 4. The number of benzene rings is 6. The van der Waals surface area contributed by atoms with Gasteiger partial charge in [-0.05, 0) is 91.3 Å². The van der Waals surface area contributed by atoms with Gasteiger partial charge in [0, 0.05) is 12.4 Å². The predicted molar refractivity (Wildman–Crippen MR) is 168 cm³/mol. The third-order valence-corrected chi connectivity index (χ3v) is 7.77. The number of hydrogen-bond donors (Lipinski definition) is 0. The van der Waals surface area contributed by atoms with Gasteiger partial charge in [-0.1, -0.05) is 97.1 Å². The number of nitrogens with zero attached hydrogens (tertiary/aromatic N) is 4. The van der Waals surface area contributed by atoms with Crippen LogP contribution in [0.15, 0.2) is 146 Å². The average Bonchev–Trinajstić information content (AvgIpc) is 3.48. The van der Waals surface area contributed by atoms with Crippen LogP contribution in [0.5, 0.6) is 0 Å². The quantitative estimate of drug-likeness (QED) is 0.216. The Balaban J connectivity index is 1.28. The zero-order valence-electron chi connectivity index (χ0n) is 22.1. The molecule has 0 bridgehead atoms. The first-order valence-corrected chi connectivity index (χ1v) is 13.7. The van der Waals surface area contributed by atoms with Gasteiger partial charge in [-0.3, -0.25) is 4.98 Å². The highest BCUT2D eigenvalue weighted by atomic mass is 15.5. The van der Waals surface area contributed by atoms with E-state index in [0.717, 1.165) is 33.4 Å². The summed E-state index contributed by atoms with van der Waals surface area (Å²) >= 11 is 0. The molecule has 41 heavy (non-hydrogen) atoms. The van der Waals surface area contributed by atoms with Gasteiger partial charge >= 0.3 is 0 Å². The highest BCUT2D eigenvalue weighted by Crippen LogP contribution is 2.43. The van der Waals surface area contributed by atoms with E-state index in [1.54, 1.807) is 4.80 Å². The van der Waals surface area contributed by atoms with E-state index in [1.807, 2.05) is 24.5 Å². The number of rotatable bonds is 4. The Kier molecular flexibility index (Phi) is 5.42. The first-order chi connectivity index (χ1) is 20.3. The highest BCUT2D eigenvalue weighted by molar-refractivity contribution is 6.21. The van der Waals surface area contributed by atoms with Gasteiger partial charge in [0.2, 0.25) is 0 Å². The molecule has 8 aromatic rings. The van der Waals surface area contributed by atoms with Crippen molar-refractivity contribution in [2.75, 3.05) is 0 Å². The molecule has 0 aliphatic heterocycles. The molecule has 0 amide bonds. The van der Waals surface area contributed by atoms with Gasteiger partial charge in [-0.2, -0.15) is 4.80 Å². The van der Waals surface area contributed by atoms with E-state index in [1.165, 1.54) is 38.2 Å². The molecule has 0 aliphatic rings. The monoisotopic (exact) mass is 524 g/mol. The molecule has 4 heteroatoms. The van der Waals surface area contributed by atoms with Crippen LogP contribution in [0.25, 0.3) is 71.6 Å². The van der Waals surface area contributed by atoms with Crippen LogP contribution in [0.3, 0.4) is 0 Å². The molecule has 0 N–H and O–H groups in total. The summed E-state index contributed by atoms with van der Waals surface area (Å²) in [6, 6.07) is 46.8. The Morgan fingerprint density at radius 3 is 1.54 bits per heavy atom. The minimum atomic E-state index is 0.862. The molecule has 0 unspecified atom stereocenters. The first-order valence-electron chi connectivity index (χ1n) is 13.7. The van der Waals surface area contributed by atoms with Crippen LogP contribution in [0.4, 0.5) is 0 Å². The molecule has 0 spiro atoms. The Bertz CT molecular complexity index is 2120. The second-order valence-electron chi connectivity index (χ2n) is 10.2. The summed E-state index contributed by atoms with van der Waals surface area (Å²) in [6.07, 6.45) is 3.62. The second kappa shape index (κ2) is 9.54. The summed E-state index contributed by atoms with van der Waals surface area (Å²) in [7, 11) is 0. The van der Waals surface area contributed by atoms with Crippen LogP contribution in [0, 0.1) is 0 Å². The molecule has 2 aromatic heterocycles. The molecule has 0 atom stereocenters. The van der Waals surface area contributed by atoms with Gasteiger partial charge in [-0.15, -0.1) is 10.2 Å². The SMILES string of the molecule is c1ccc(-c2c3ccccc3c(-c3ccc4nn(-c5ccc(-c6ccncc6)cc5)nc4c3)c3ccccc23)cc1. The predicted octanol–water partition coefficient (Wildman–Crippen LogP) is 9.12. The van der Waals surface area contributed by atoms with Crippen molar-refractivity contribution in [3.8, 4) is 39.1 Å². The Morgan fingerprint density at radius 1 is 0.390 bits per heavy atom. The molecular formula is C37H24N4. The van der Waals surface area contributed by atoms with Gasteiger partial charge in [-0.25, -0.2) is 0 Å². The molecule has 0 aliphatic carbocycles. The lowest BCUT2D eigenvalue weighted by molar-refractivity contribution is 0.766. The van der Waals surface area contributed by atoms with Crippen molar-refractivity contribution >= 4 is 32.6 Å². The van der Waals surface area contributed by atoms with Gasteiger partial charge in [0.25, 0.3) is 0 Å². The molecule has 2 heterocycles. The summed E-state index contributed by atoms with van der Waals surface area (Å²) in [5.74, 6) is 0. The molecule has 0 fully saturated rings. The van der Waals surface area contributed by atoms with Gasteiger partial charge < -0.3 is 0 Å². The van der Waals surface area contributed by atoms with E-state index < -0.39 is 0 Å². The minimum Gasteiger partial charge on any atom is -0.265 e. The van der Waals surface area contributed by atoms with Crippen LogP contribution in [-0.2, 0) is 0 Å². The van der Waals surface area contributed by atoms with E-state index in [0.29, 0.717) is 0 Å². The minimum absolute atomic E-state index is 0.862. The van der Waals surface area contributed by atoms with Crippen LogP contribution in [0.1, 0.15) is 0 Å². The zero-order valence-corrected chi connectivity index (χ0v) is 22.1. The molecule has 0 saturated heterocycles. The number of hydrogen-bond acceptors (Lipinski definition) is 3. The average molecular weight is 525 g/mol. The third kappa shape index (κ3) is 3.97. The van der Waals surface area contributed by atoms with Crippen molar-refractivity contribution in [1.82, 2.24) is 20.0 Å². The van der Waals surface area contributed by atoms with Crippen molar-refractivity contribution < 1.29 is 0 Å². The second-order valence-corrected chi connectivity index (χ2v) is 10.2. The molecule has 0 radical (unpaired) electrons. The summed E-state index contributed by atoms with van der Waals surface area (Å²) in [6.45, 7) is 0. The fourth-order valence-electron chi connectivity index (χ4n) is 5.87. The van der Waals surface area contributed by atoms with E-state index >= 15 is 0 Å². The molecule has 0 saturated carbocycles. The molecule has 8 rings (SSSR count). The van der Waals surface area contributed by atoms with Crippen molar-refractivity contribution in [3.63, 3.8) is 0 Å². The fourth-order valence-corrected chi connectivity index (χ4v) is 5.87. The Hall–Kier alpha value is -5.61. The van der Waals surface area contributed by atoms with Crippen LogP contribution in [-0.4, -0.2) is 20.0 Å². The molecule has 4 nitrogen and oxygen atoms in total. The summed E-state index contributed by atoms with van der Waals surface area (Å²) in [5.41, 5.74) is 9.74. The van der Waals surface area contributed by atoms with E-state index in [2.05, 4.69) is 126 Å². The maximum Gasteiger partial charge on any atom is 0.114 e. The largest absolute Gasteiger partial charge is 0.265 e. The van der Waals surface area contributed by atoms with Crippen molar-refractivity contribution in [3.05, 3.63) is 146 Å². The lowest BCUT2D eigenvalue weighted by Crippen LogP contribution is -1.97. The van der Waals surface area contributed by atoms with Gasteiger partial charge in [0.1, 0.15) is 11.0 Å². The molecular weight excluding hydrogens is 500 g/mol. The van der Waals surface area contributed by atoms with Crippen LogP contribution >= 0.6 is 0 Å². The van der Waals surface area contributed by atoms with E-state index in [9.17, 15) is 0 Å².